The summed E-state index contributed by atoms with van der Waals surface area (Å²) >= 11 is 0. The lowest BCUT2D eigenvalue weighted by Gasteiger charge is -2.17. The molecule has 1 heterocycles. The van der Waals surface area contributed by atoms with Gasteiger partial charge >= 0.3 is 10.1 Å². The molecule has 0 aromatic heterocycles. The Labute approximate surface area is 152 Å². The van der Waals surface area contributed by atoms with E-state index in [1.54, 1.807) is 16.7 Å². The quantitative estimate of drug-likeness (QED) is 0.607. The zero-order valence-electron chi connectivity index (χ0n) is 14.8. The van der Waals surface area contributed by atoms with Crippen LogP contribution in [0.3, 0.4) is 0 Å². The van der Waals surface area contributed by atoms with E-state index in [0.29, 0.717) is 17.5 Å². The fourth-order valence-corrected chi connectivity index (χ4v) is 5.17. The third-order valence-corrected chi connectivity index (χ3v) is 6.20. The van der Waals surface area contributed by atoms with Gasteiger partial charge in [0.25, 0.3) is 10.1 Å². The van der Waals surface area contributed by atoms with Crippen molar-refractivity contribution in [1.82, 2.24) is 0 Å². The van der Waals surface area contributed by atoms with E-state index in [2.05, 4.69) is 0 Å². The molecule has 0 saturated heterocycles. The van der Waals surface area contributed by atoms with Crippen molar-refractivity contribution >= 4 is 42.4 Å². The lowest BCUT2D eigenvalue weighted by atomic mass is 9.85. The highest BCUT2D eigenvalue weighted by Crippen LogP contribution is 2.45. The van der Waals surface area contributed by atoms with Crippen LogP contribution >= 0.6 is 0 Å². The predicted molar refractivity (Wildman–Crippen MR) is 97.6 cm³/mol. The van der Waals surface area contributed by atoms with Gasteiger partial charge in [0.1, 0.15) is 11.4 Å². The Morgan fingerprint density at radius 3 is 2.04 bits per heavy atom. The fourth-order valence-electron chi connectivity index (χ4n) is 3.66. The van der Waals surface area contributed by atoms with Gasteiger partial charge in [-0.15, -0.1) is 0 Å². The second-order valence-corrected chi connectivity index (χ2v) is 10.0. The molecule has 26 heavy (non-hydrogen) atoms. The van der Waals surface area contributed by atoms with Gasteiger partial charge in [0.05, 0.1) is 10.9 Å². The van der Waals surface area contributed by atoms with Crippen molar-refractivity contribution in [3.63, 3.8) is 0 Å². The van der Waals surface area contributed by atoms with Crippen LogP contribution in [0.1, 0.15) is 33.3 Å². The van der Waals surface area contributed by atoms with Gasteiger partial charge in [-0.2, -0.15) is 21.4 Å². The normalized spacial score (nSPS) is 15.2. The van der Waals surface area contributed by atoms with Crippen LogP contribution < -0.4 is 0 Å². The van der Waals surface area contributed by atoms with Crippen molar-refractivity contribution in [2.45, 2.75) is 37.5 Å². The number of nitrogens with zero attached hydrogens (tertiary/aromatic N) is 1. The number of hydrogen-bond acceptors (Lipinski definition) is 4. The Hall–Kier alpha value is -1.81. The first-order valence-electron chi connectivity index (χ1n) is 7.98. The summed E-state index contributed by atoms with van der Waals surface area (Å²) < 4.78 is 68.9. The van der Waals surface area contributed by atoms with Crippen molar-refractivity contribution in [3.05, 3.63) is 29.8 Å². The van der Waals surface area contributed by atoms with E-state index in [-0.39, 0.29) is 16.5 Å². The monoisotopic (exact) mass is 398 g/mol. The average Bonchev–Trinajstić information content (AvgIpc) is 2.81. The van der Waals surface area contributed by atoms with E-state index in [0.717, 1.165) is 11.8 Å². The number of rotatable bonds is 3. The Morgan fingerprint density at radius 1 is 1.00 bits per heavy atom. The fraction of sp³-hybridized carbons (Fsp3) is 0.353. The maximum Gasteiger partial charge on any atom is 0.301 e. The summed E-state index contributed by atoms with van der Waals surface area (Å²) in [5.74, 6) is 0. The highest BCUT2D eigenvalue weighted by molar-refractivity contribution is 7.87. The molecular formula is C17H20NO6S2+. The van der Waals surface area contributed by atoms with Crippen LogP contribution in [0.5, 0.6) is 0 Å². The standard InChI is InChI=1S/C17H19NO6S2/c1-5-18-15-13(26(22,23)24)9-12(25(19,20)21)10-7-6-8-11(14(10)15)16(18)17(2,3)4/h6-9H,5H2,1-4H3,(H-,19,20,21,22,23,24)/p+1. The maximum atomic E-state index is 12.0. The topological polar surface area (TPSA) is 112 Å². The number of benzene rings is 2. The molecule has 140 valence electrons. The SMILES string of the molecule is CC[N+]1=C(C(C)(C)C)c2cccc3c(S(=O)(=O)O)cc(S(=O)(=O)O)c1c23. The second-order valence-electron chi connectivity index (χ2n) is 7.24. The molecule has 0 saturated carbocycles. The van der Waals surface area contributed by atoms with Crippen LogP contribution in [-0.4, -0.2) is 42.8 Å². The molecule has 0 bridgehead atoms. The van der Waals surface area contributed by atoms with Gasteiger partial charge in [-0.05, 0) is 19.1 Å². The molecule has 0 unspecified atom stereocenters. The predicted octanol–water partition coefficient (Wildman–Crippen LogP) is 2.85. The molecule has 7 nitrogen and oxygen atoms in total. The molecule has 2 aromatic rings. The first-order valence-corrected chi connectivity index (χ1v) is 10.9. The molecule has 0 aliphatic carbocycles. The zero-order valence-corrected chi connectivity index (χ0v) is 16.4. The van der Waals surface area contributed by atoms with Gasteiger partial charge in [-0.3, -0.25) is 9.11 Å². The van der Waals surface area contributed by atoms with Crippen LogP contribution in [0.25, 0.3) is 10.8 Å². The van der Waals surface area contributed by atoms with Crippen LogP contribution in [0, 0.1) is 5.41 Å². The molecule has 0 amide bonds. The summed E-state index contributed by atoms with van der Waals surface area (Å²) in [5, 5.41) is 0.604. The largest absolute Gasteiger partial charge is 0.301 e. The number of hydrogen-bond donors (Lipinski definition) is 2. The minimum absolute atomic E-state index is 0.213. The molecular weight excluding hydrogens is 378 g/mol. The van der Waals surface area contributed by atoms with E-state index < -0.39 is 30.0 Å². The average molecular weight is 398 g/mol. The molecule has 0 radical (unpaired) electrons. The molecule has 2 aromatic carbocycles. The molecule has 9 heteroatoms. The van der Waals surface area contributed by atoms with E-state index in [1.165, 1.54) is 6.07 Å². The van der Waals surface area contributed by atoms with Gasteiger partial charge in [0, 0.05) is 10.8 Å². The van der Waals surface area contributed by atoms with Gasteiger partial charge in [0.2, 0.25) is 5.69 Å². The summed E-state index contributed by atoms with van der Waals surface area (Å²) in [4.78, 5) is -1.08. The summed E-state index contributed by atoms with van der Waals surface area (Å²) in [6.45, 7) is 8.16. The van der Waals surface area contributed by atoms with E-state index in [4.69, 9.17) is 0 Å². The first-order chi connectivity index (χ1) is 11.8. The molecule has 1 aliphatic rings. The highest BCUT2D eigenvalue weighted by Gasteiger charge is 2.43. The van der Waals surface area contributed by atoms with Gasteiger partial charge < -0.3 is 0 Å². The Balaban J connectivity index is 2.68. The molecule has 0 spiro atoms. The van der Waals surface area contributed by atoms with Gasteiger partial charge in [-0.1, -0.05) is 32.9 Å². The molecule has 1 aliphatic heterocycles. The maximum absolute atomic E-state index is 12.0. The smallest absolute Gasteiger partial charge is 0.282 e. The van der Waals surface area contributed by atoms with Crippen LogP contribution in [0.2, 0.25) is 0 Å². The third kappa shape index (κ3) is 2.75. The minimum Gasteiger partial charge on any atom is -0.282 e. The lowest BCUT2D eigenvalue weighted by molar-refractivity contribution is -0.438. The Bertz CT molecular complexity index is 1190. The van der Waals surface area contributed by atoms with Gasteiger partial charge in [0.15, 0.2) is 10.6 Å². The summed E-state index contributed by atoms with van der Waals surface area (Å²) in [6, 6.07) is 5.77. The van der Waals surface area contributed by atoms with Crippen molar-refractivity contribution in [2.75, 3.05) is 6.54 Å². The first kappa shape index (κ1) is 19.0. The molecule has 3 rings (SSSR count). The van der Waals surface area contributed by atoms with E-state index in [1.807, 2.05) is 27.7 Å². The van der Waals surface area contributed by atoms with E-state index >= 15 is 0 Å². The van der Waals surface area contributed by atoms with Crippen LogP contribution in [0.15, 0.2) is 34.1 Å². The molecule has 0 atom stereocenters. The van der Waals surface area contributed by atoms with E-state index in [9.17, 15) is 25.9 Å². The summed E-state index contributed by atoms with van der Waals surface area (Å²) in [6.07, 6.45) is 0. The molecule has 2 N–H and O–H groups in total. The lowest BCUT2D eigenvalue weighted by Crippen LogP contribution is -2.28. The Kier molecular flexibility index (Phi) is 4.08. The zero-order chi connectivity index (χ0) is 19.7. The Morgan fingerprint density at radius 2 is 1.58 bits per heavy atom. The van der Waals surface area contributed by atoms with Crippen molar-refractivity contribution in [2.24, 2.45) is 5.41 Å². The van der Waals surface area contributed by atoms with Crippen molar-refractivity contribution in [3.8, 4) is 0 Å². The summed E-state index contributed by atoms with van der Waals surface area (Å²) in [7, 11) is -9.43. The van der Waals surface area contributed by atoms with Crippen LogP contribution in [0.4, 0.5) is 5.69 Å². The van der Waals surface area contributed by atoms with Crippen LogP contribution in [-0.2, 0) is 20.2 Å². The van der Waals surface area contributed by atoms with Crippen molar-refractivity contribution in [1.29, 1.82) is 0 Å². The third-order valence-electron chi connectivity index (χ3n) is 4.44. The van der Waals surface area contributed by atoms with Crippen molar-refractivity contribution < 1.29 is 30.5 Å². The minimum atomic E-state index is -4.73. The summed E-state index contributed by atoms with van der Waals surface area (Å²) in [5.41, 5.74) is 1.36. The molecule has 0 fully saturated rings. The highest BCUT2D eigenvalue weighted by atomic mass is 32.2. The second kappa shape index (κ2) is 5.59. The van der Waals surface area contributed by atoms with Gasteiger partial charge in [-0.25, -0.2) is 0 Å².